The van der Waals surface area contributed by atoms with Gasteiger partial charge in [0.25, 0.3) is 5.91 Å². The molecule has 2 aromatic carbocycles. The van der Waals surface area contributed by atoms with Crippen molar-refractivity contribution >= 4 is 17.8 Å². The fraction of sp³-hybridized carbons (Fsp3) is 0.516. The second-order valence-electron chi connectivity index (χ2n) is 10.4. The maximum Gasteiger partial charge on any atom is 0.314 e. The Morgan fingerprint density at radius 2 is 1.85 bits per heavy atom. The smallest absolute Gasteiger partial charge is 0.314 e. The van der Waals surface area contributed by atoms with Crippen molar-refractivity contribution in [3.8, 4) is 11.5 Å². The molecule has 0 saturated heterocycles. The first kappa shape index (κ1) is 31.9. The van der Waals surface area contributed by atoms with Crippen LogP contribution < -0.4 is 15.4 Å². The summed E-state index contributed by atoms with van der Waals surface area (Å²) in [5, 5.41) is 15.8. The van der Waals surface area contributed by atoms with Crippen LogP contribution in [0.4, 0.5) is 0 Å². The SMILES string of the molecule is CCOC(=O)C1(CCOC)CNC(=O)CCCN(Cc2cccc(O)c2)CCCNC(=O)COc2ccc(cc2)C1. The third-order valence-corrected chi connectivity index (χ3v) is 7.12. The number of methoxy groups -OCH3 is 1. The lowest BCUT2D eigenvalue weighted by atomic mass is 9.78. The highest BCUT2D eigenvalue weighted by Gasteiger charge is 2.40. The molecule has 10 heteroatoms. The first-order valence-electron chi connectivity index (χ1n) is 14.2. The van der Waals surface area contributed by atoms with E-state index in [4.69, 9.17) is 14.2 Å². The van der Waals surface area contributed by atoms with Crippen LogP contribution in [0, 0.1) is 5.41 Å². The molecule has 2 aromatic rings. The molecule has 2 bridgehead atoms. The summed E-state index contributed by atoms with van der Waals surface area (Å²) in [7, 11) is 1.58. The number of phenolic OH excluding ortho intramolecular Hbond substituents is 1. The Morgan fingerprint density at radius 1 is 1.07 bits per heavy atom. The summed E-state index contributed by atoms with van der Waals surface area (Å²) in [4.78, 5) is 40.8. The van der Waals surface area contributed by atoms with E-state index in [1.807, 2.05) is 18.2 Å². The molecule has 1 unspecified atom stereocenters. The topological polar surface area (TPSA) is 126 Å². The van der Waals surface area contributed by atoms with E-state index >= 15 is 0 Å². The summed E-state index contributed by atoms with van der Waals surface area (Å²) < 4.78 is 16.5. The van der Waals surface area contributed by atoms with E-state index in [9.17, 15) is 19.5 Å². The molecule has 0 aromatic heterocycles. The molecule has 224 valence electrons. The molecule has 2 amide bonds. The van der Waals surface area contributed by atoms with Gasteiger partial charge in [0.1, 0.15) is 11.5 Å². The molecule has 0 radical (unpaired) electrons. The van der Waals surface area contributed by atoms with Gasteiger partial charge in [-0.05, 0) is 74.5 Å². The zero-order valence-corrected chi connectivity index (χ0v) is 24.2. The van der Waals surface area contributed by atoms with Gasteiger partial charge in [0, 0.05) is 46.3 Å². The summed E-state index contributed by atoms with van der Waals surface area (Å²) in [6, 6.07) is 14.4. The zero-order valence-electron chi connectivity index (χ0n) is 24.2. The molecule has 41 heavy (non-hydrogen) atoms. The van der Waals surface area contributed by atoms with E-state index in [-0.39, 0.29) is 43.3 Å². The summed E-state index contributed by atoms with van der Waals surface area (Å²) in [5.74, 6) is 0.0194. The van der Waals surface area contributed by atoms with Crippen molar-refractivity contribution in [1.29, 1.82) is 0 Å². The van der Waals surface area contributed by atoms with Crippen LogP contribution in [-0.4, -0.2) is 80.9 Å². The number of carbonyl (C=O) groups is 3. The van der Waals surface area contributed by atoms with Gasteiger partial charge in [0.2, 0.25) is 5.91 Å². The third kappa shape index (κ3) is 10.7. The van der Waals surface area contributed by atoms with E-state index in [1.165, 1.54) is 0 Å². The minimum atomic E-state index is -1.01. The van der Waals surface area contributed by atoms with Gasteiger partial charge in [0.05, 0.1) is 12.0 Å². The predicted molar refractivity (Wildman–Crippen MR) is 154 cm³/mol. The number of rotatable bonds is 7. The average molecular weight is 570 g/mol. The van der Waals surface area contributed by atoms with Crippen LogP contribution in [0.25, 0.3) is 0 Å². The molecule has 2 aliphatic rings. The number of nitrogens with one attached hydrogen (secondary N) is 2. The Morgan fingerprint density at radius 3 is 2.59 bits per heavy atom. The number of esters is 1. The van der Waals surface area contributed by atoms with Crippen molar-refractivity contribution in [2.45, 2.75) is 45.6 Å². The molecule has 4 rings (SSSR count). The van der Waals surface area contributed by atoms with Crippen molar-refractivity contribution in [3.63, 3.8) is 0 Å². The summed E-state index contributed by atoms with van der Waals surface area (Å²) >= 11 is 0. The number of ether oxygens (including phenoxy) is 3. The number of hydrogen-bond acceptors (Lipinski definition) is 8. The maximum atomic E-state index is 13.3. The fourth-order valence-electron chi connectivity index (χ4n) is 4.89. The Labute approximate surface area is 242 Å². The van der Waals surface area contributed by atoms with Gasteiger partial charge in [-0.2, -0.15) is 0 Å². The molecule has 1 atom stereocenters. The Hall–Kier alpha value is -3.63. The van der Waals surface area contributed by atoms with Gasteiger partial charge in [-0.15, -0.1) is 0 Å². The van der Waals surface area contributed by atoms with Crippen LogP contribution >= 0.6 is 0 Å². The van der Waals surface area contributed by atoms with Crippen molar-refractivity contribution in [2.24, 2.45) is 5.41 Å². The second kappa shape index (κ2) is 16.6. The highest BCUT2D eigenvalue weighted by Crippen LogP contribution is 2.30. The quantitative estimate of drug-likeness (QED) is 0.435. The third-order valence-electron chi connectivity index (χ3n) is 7.12. The highest BCUT2D eigenvalue weighted by molar-refractivity contribution is 5.80. The number of fused-ring (bicyclic) bond motifs is 17. The van der Waals surface area contributed by atoms with Gasteiger partial charge in [-0.25, -0.2) is 0 Å². The van der Waals surface area contributed by atoms with Crippen LogP contribution in [0.3, 0.4) is 0 Å². The van der Waals surface area contributed by atoms with E-state index in [2.05, 4.69) is 15.5 Å². The second-order valence-corrected chi connectivity index (χ2v) is 10.4. The molecule has 10 nitrogen and oxygen atoms in total. The highest BCUT2D eigenvalue weighted by atomic mass is 16.5. The van der Waals surface area contributed by atoms with Crippen LogP contribution in [0.5, 0.6) is 11.5 Å². The lowest BCUT2D eigenvalue weighted by Gasteiger charge is -2.32. The van der Waals surface area contributed by atoms with E-state index in [1.54, 1.807) is 44.4 Å². The average Bonchev–Trinajstić information content (AvgIpc) is 2.96. The molecule has 3 N–H and O–H groups in total. The molecule has 0 spiro atoms. The summed E-state index contributed by atoms with van der Waals surface area (Å²) in [5.41, 5.74) is 0.827. The summed E-state index contributed by atoms with van der Waals surface area (Å²) in [6.45, 7) is 4.79. The molecule has 2 aliphatic heterocycles. The van der Waals surface area contributed by atoms with Crippen LogP contribution in [0.2, 0.25) is 0 Å². The standard InChI is InChI=1S/C31H43N3O7/c1-3-40-30(38)31(14-18-39-2)20-24-10-12-27(13-11-24)41-22-29(37)32-15-6-17-34(16-5-9-28(36)33-23-31)21-25-7-4-8-26(35)19-25/h4,7-8,10-13,19,35H,3,5-6,9,14-18,20-23H2,1-2H3,(H,32,37)(H,33,36). The summed E-state index contributed by atoms with van der Waals surface area (Å²) in [6.07, 6.45) is 2.33. The number of benzene rings is 2. The minimum absolute atomic E-state index is 0.0982. The fourth-order valence-corrected chi connectivity index (χ4v) is 4.89. The van der Waals surface area contributed by atoms with Crippen LogP contribution in [0.1, 0.15) is 43.7 Å². The number of hydrogen-bond donors (Lipinski definition) is 3. The molecule has 2 heterocycles. The number of nitrogens with zero attached hydrogens (tertiary/aromatic N) is 1. The Balaban J connectivity index is 1.79. The molecular formula is C31H43N3O7. The Bertz CT molecular complexity index is 1120. The van der Waals surface area contributed by atoms with Crippen molar-refractivity contribution in [1.82, 2.24) is 15.5 Å². The van der Waals surface area contributed by atoms with Gasteiger partial charge in [-0.3, -0.25) is 19.3 Å². The van der Waals surface area contributed by atoms with Crippen LogP contribution in [-0.2, 0) is 36.8 Å². The zero-order chi connectivity index (χ0) is 29.5. The number of amides is 2. The minimum Gasteiger partial charge on any atom is -0.508 e. The normalized spacial score (nSPS) is 20.0. The van der Waals surface area contributed by atoms with Crippen molar-refractivity contribution in [3.05, 3.63) is 59.7 Å². The van der Waals surface area contributed by atoms with Crippen molar-refractivity contribution in [2.75, 3.05) is 53.1 Å². The van der Waals surface area contributed by atoms with Gasteiger partial charge < -0.3 is 30.0 Å². The maximum absolute atomic E-state index is 13.3. The number of carbonyl (C=O) groups excluding carboxylic acids is 3. The number of aromatic hydroxyl groups is 1. The van der Waals surface area contributed by atoms with Crippen molar-refractivity contribution < 1.29 is 33.7 Å². The number of phenols is 1. The van der Waals surface area contributed by atoms with E-state index < -0.39 is 5.41 Å². The lowest BCUT2D eigenvalue weighted by Crippen LogP contribution is -2.46. The molecule has 0 fully saturated rings. The molecule has 0 aliphatic carbocycles. The van der Waals surface area contributed by atoms with Crippen LogP contribution in [0.15, 0.2) is 48.5 Å². The van der Waals surface area contributed by atoms with Gasteiger partial charge in [-0.1, -0.05) is 24.3 Å². The molecular weight excluding hydrogens is 526 g/mol. The monoisotopic (exact) mass is 569 g/mol. The van der Waals surface area contributed by atoms with Gasteiger partial charge >= 0.3 is 5.97 Å². The first-order chi connectivity index (χ1) is 19.8. The van der Waals surface area contributed by atoms with Gasteiger partial charge in [0.15, 0.2) is 6.61 Å². The predicted octanol–water partition coefficient (Wildman–Crippen LogP) is 2.82. The largest absolute Gasteiger partial charge is 0.508 e. The Kier molecular flexibility index (Phi) is 12.9. The van der Waals surface area contributed by atoms with E-state index in [0.717, 1.165) is 11.1 Å². The molecule has 0 saturated carbocycles. The lowest BCUT2D eigenvalue weighted by molar-refractivity contribution is -0.156. The first-order valence-corrected chi connectivity index (χ1v) is 14.2. The van der Waals surface area contributed by atoms with E-state index in [0.29, 0.717) is 70.6 Å².